The SMILES string of the molecule is CC(C)CN(C(=O)c1cccc(F)c1Br)C1CC1. The summed E-state index contributed by atoms with van der Waals surface area (Å²) in [5, 5.41) is 0. The number of rotatable bonds is 4. The first-order valence-electron chi connectivity index (χ1n) is 6.25. The minimum Gasteiger partial charge on any atom is -0.335 e. The van der Waals surface area contributed by atoms with Gasteiger partial charge in [0.05, 0.1) is 10.0 Å². The standard InChI is InChI=1S/C14H17BrFNO/c1-9(2)8-17(10-6-7-10)14(18)11-4-3-5-12(16)13(11)15/h3-5,9-10H,6-8H2,1-2H3. The largest absolute Gasteiger partial charge is 0.335 e. The molecule has 1 saturated carbocycles. The van der Waals surface area contributed by atoms with Crippen molar-refractivity contribution in [2.24, 2.45) is 5.92 Å². The molecule has 1 amide bonds. The molecule has 0 radical (unpaired) electrons. The minimum atomic E-state index is -0.388. The third kappa shape index (κ3) is 2.91. The summed E-state index contributed by atoms with van der Waals surface area (Å²) >= 11 is 3.16. The van der Waals surface area contributed by atoms with E-state index in [0.29, 0.717) is 17.5 Å². The summed E-state index contributed by atoms with van der Waals surface area (Å²) in [4.78, 5) is 14.3. The lowest BCUT2D eigenvalue weighted by molar-refractivity contribution is 0.0721. The van der Waals surface area contributed by atoms with Gasteiger partial charge in [-0.1, -0.05) is 19.9 Å². The molecule has 0 spiro atoms. The summed E-state index contributed by atoms with van der Waals surface area (Å²) in [5.74, 6) is -0.0411. The van der Waals surface area contributed by atoms with E-state index in [4.69, 9.17) is 0 Å². The molecule has 4 heteroatoms. The average Bonchev–Trinajstić information content (AvgIpc) is 3.12. The summed E-state index contributed by atoms with van der Waals surface area (Å²) < 4.78 is 13.7. The fraction of sp³-hybridized carbons (Fsp3) is 0.500. The van der Waals surface area contributed by atoms with Crippen molar-refractivity contribution in [3.8, 4) is 0 Å². The van der Waals surface area contributed by atoms with Crippen molar-refractivity contribution in [1.82, 2.24) is 4.90 Å². The number of benzene rings is 1. The van der Waals surface area contributed by atoms with E-state index >= 15 is 0 Å². The van der Waals surface area contributed by atoms with Gasteiger partial charge in [-0.25, -0.2) is 4.39 Å². The molecule has 0 unspecified atom stereocenters. The smallest absolute Gasteiger partial charge is 0.255 e. The van der Waals surface area contributed by atoms with Gasteiger partial charge >= 0.3 is 0 Å². The maximum absolute atomic E-state index is 13.5. The lowest BCUT2D eigenvalue weighted by Crippen LogP contribution is -2.36. The Morgan fingerprint density at radius 2 is 2.17 bits per heavy atom. The average molecular weight is 314 g/mol. The monoisotopic (exact) mass is 313 g/mol. The van der Waals surface area contributed by atoms with Gasteiger partial charge in [0.15, 0.2) is 0 Å². The van der Waals surface area contributed by atoms with Crippen LogP contribution < -0.4 is 0 Å². The van der Waals surface area contributed by atoms with Gasteiger partial charge in [0.1, 0.15) is 5.82 Å². The van der Waals surface area contributed by atoms with Crippen LogP contribution >= 0.6 is 15.9 Å². The molecule has 1 aromatic rings. The van der Waals surface area contributed by atoms with Gasteiger partial charge in [-0.05, 0) is 46.8 Å². The van der Waals surface area contributed by atoms with E-state index in [0.717, 1.165) is 19.4 Å². The maximum atomic E-state index is 13.5. The topological polar surface area (TPSA) is 20.3 Å². The molecule has 2 rings (SSSR count). The summed E-state index contributed by atoms with van der Waals surface area (Å²) in [7, 11) is 0. The molecule has 1 aliphatic rings. The minimum absolute atomic E-state index is 0.0717. The summed E-state index contributed by atoms with van der Waals surface area (Å²) in [5.41, 5.74) is 0.419. The van der Waals surface area contributed by atoms with Crippen LogP contribution in [0.3, 0.4) is 0 Å². The van der Waals surface area contributed by atoms with Crippen LogP contribution in [0.2, 0.25) is 0 Å². The van der Waals surface area contributed by atoms with Crippen molar-refractivity contribution in [1.29, 1.82) is 0 Å². The molecule has 0 bridgehead atoms. The Hall–Kier alpha value is -0.900. The Morgan fingerprint density at radius 3 is 2.72 bits per heavy atom. The van der Waals surface area contributed by atoms with Crippen molar-refractivity contribution in [3.05, 3.63) is 34.1 Å². The van der Waals surface area contributed by atoms with Crippen LogP contribution in [0, 0.1) is 11.7 Å². The van der Waals surface area contributed by atoms with Crippen molar-refractivity contribution < 1.29 is 9.18 Å². The Bertz CT molecular complexity index is 457. The van der Waals surface area contributed by atoms with Crippen molar-refractivity contribution in [2.45, 2.75) is 32.7 Å². The van der Waals surface area contributed by atoms with Crippen molar-refractivity contribution in [2.75, 3.05) is 6.54 Å². The van der Waals surface area contributed by atoms with Crippen LogP contribution in [0.25, 0.3) is 0 Å². The Balaban J connectivity index is 2.25. The zero-order chi connectivity index (χ0) is 13.3. The summed E-state index contributed by atoms with van der Waals surface area (Å²) in [6.45, 7) is 4.90. The quantitative estimate of drug-likeness (QED) is 0.827. The number of amides is 1. The second-order valence-corrected chi connectivity index (χ2v) is 5.98. The third-order valence-corrected chi connectivity index (χ3v) is 3.80. The molecular weight excluding hydrogens is 297 g/mol. The molecule has 0 N–H and O–H groups in total. The van der Waals surface area contributed by atoms with Gasteiger partial charge in [0.2, 0.25) is 0 Å². The Kier molecular flexibility index (Phi) is 4.05. The lowest BCUT2D eigenvalue weighted by Gasteiger charge is -2.25. The zero-order valence-electron chi connectivity index (χ0n) is 10.6. The van der Waals surface area contributed by atoms with E-state index in [1.54, 1.807) is 12.1 Å². The van der Waals surface area contributed by atoms with Crippen LogP contribution in [-0.4, -0.2) is 23.4 Å². The van der Waals surface area contributed by atoms with Gasteiger partial charge in [0, 0.05) is 12.6 Å². The van der Waals surface area contributed by atoms with Gasteiger partial charge < -0.3 is 4.90 Å². The first-order chi connectivity index (χ1) is 8.50. The normalized spacial score (nSPS) is 14.9. The molecule has 0 aliphatic heterocycles. The van der Waals surface area contributed by atoms with Crippen LogP contribution in [0.15, 0.2) is 22.7 Å². The number of hydrogen-bond donors (Lipinski definition) is 0. The molecule has 18 heavy (non-hydrogen) atoms. The van der Waals surface area contributed by atoms with Gasteiger partial charge in [-0.2, -0.15) is 0 Å². The maximum Gasteiger partial charge on any atom is 0.255 e. The molecule has 0 atom stereocenters. The number of carbonyl (C=O) groups is 1. The highest BCUT2D eigenvalue weighted by Crippen LogP contribution is 2.31. The molecule has 1 aliphatic carbocycles. The molecular formula is C14H17BrFNO. The fourth-order valence-corrected chi connectivity index (χ4v) is 2.44. The predicted molar refractivity (Wildman–Crippen MR) is 73.0 cm³/mol. The highest BCUT2D eigenvalue weighted by Gasteiger charge is 2.34. The predicted octanol–water partition coefficient (Wildman–Crippen LogP) is 3.85. The van der Waals surface area contributed by atoms with Gasteiger partial charge in [-0.3, -0.25) is 4.79 Å². The van der Waals surface area contributed by atoms with Gasteiger partial charge in [0.25, 0.3) is 5.91 Å². The first kappa shape index (κ1) is 13.5. The lowest BCUT2D eigenvalue weighted by atomic mass is 10.1. The first-order valence-corrected chi connectivity index (χ1v) is 7.05. The molecule has 0 saturated heterocycles. The second kappa shape index (κ2) is 5.39. The fourth-order valence-electron chi connectivity index (χ4n) is 2.00. The zero-order valence-corrected chi connectivity index (χ0v) is 12.2. The number of nitrogens with zero attached hydrogens (tertiary/aromatic N) is 1. The highest BCUT2D eigenvalue weighted by molar-refractivity contribution is 9.10. The van der Waals surface area contributed by atoms with E-state index in [2.05, 4.69) is 29.8 Å². The van der Waals surface area contributed by atoms with Crippen molar-refractivity contribution >= 4 is 21.8 Å². The Labute approximate surface area is 115 Å². The Morgan fingerprint density at radius 1 is 1.50 bits per heavy atom. The molecule has 2 nitrogen and oxygen atoms in total. The third-order valence-electron chi connectivity index (χ3n) is 2.99. The van der Waals surface area contributed by atoms with Crippen LogP contribution in [0.5, 0.6) is 0 Å². The van der Waals surface area contributed by atoms with E-state index in [-0.39, 0.29) is 16.2 Å². The summed E-state index contributed by atoms with van der Waals surface area (Å²) in [6.07, 6.45) is 2.12. The molecule has 1 aromatic carbocycles. The number of hydrogen-bond acceptors (Lipinski definition) is 1. The van der Waals surface area contributed by atoms with E-state index < -0.39 is 0 Å². The summed E-state index contributed by atoms with van der Waals surface area (Å²) in [6, 6.07) is 4.94. The van der Waals surface area contributed by atoms with Crippen LogP contribution in [-0.2, 0) is 0 Å². The molecule has 1 fully saturated rings. The van der Waals surface area contributed by atoms with Gasteiger partial charge in [-0.15, -0.1) is 0 Å². The molecule has 0 heterocycles. The van der Waals surface area contributed by atoms with E-state index in [1.807, 2.05) is 4.90 Å². The van der Waals surface area contributed by atoms with Crippen LogP contribution in [0.4, 0.5) is 4.39 Å². The van der Waals surface area contributed by atoms with E-state index in [9.17, 15) is 9.18 Å². The van der Waals surface area contributed by atoms with E-state index in [1.165, 1.54) is 6.07 Å². The van der Waals surface area contributed by atoms with Crippen molar-refractivity contribution in [3.63, 3.8) is 0 Å². The number of carbonyl (C=O) groups excluding carboxylic acids is 1. The number of halogens is 2. The molecule has 0 aromatic heterocycles. The van der Waals surface area contributed by atoms with Crippen LogP contribution in [0.1, 0.15) is 37.0 Å². The molecule has 98 valence electrons. The highest BCUT2D eigenvalue weighted by atomic mass is 79.9. The second-order valence-electron chi connectivity index (χ2n) is 5.18.